The summed E-state index contributed by atoms with van der Waals surface area (Å²) < 4.78 is 5.95. The lowest BCUT2D eigenvalue weighted by Crippen LogP contribution is -2.51. The quantitative estimate of drug-likeness (QED) is 0.497. The molecule has 2 heterocycles. The molecule has 2 atom stereocenters. The lowest BCUT2D eigenvalue weighted by molar-refractivity contribution is -0.121. The number of hydrogen-bond donors (Lipinski definition) is 3. The number of rotatable bonds is 5. The normalized spacial score (nSPS) is 25.2. The highest BCUT2D eigenvalue weighted by molar-refractivity contribution is 5.85. The van der Waals surface area contributed by atoms with Gasteiger partial charge in [0.2, 0.25) is 5.91 Å². The third-order valence-electron chi connectivity index (χ3n) is 4.20. The van der Waals surface area contributed by atoms with Crippen molar-refractivity contribution in [1.29, 1.82) is 0 Å². The van der Waals surface area contributed by atoms with Gasteiger partial charge in [-0.2, -0.15) is 0 Å². The molecule has 2 unspecified atom stereocenters. The lowest BCUT2D eigenvalue weighted by atomic mass is 10.1. The van der Waals surface area contributed by atoms with Crippen LogP contribution >= 0.6 is 0 Å². The Morgan fingerprint density at radius 2 is 2.12 bits per heavy atom. The van der Waals surface area contributed by atoms with Gasteiger partial charge in [-0.1, -0.05) is 0 Å². The average molecular weight is 339 g/mol. The summed E-state index contributed by atoms with van der Waals surface area (Å²) >= 11 is 0. The zero-order chi connectivity index (χ0) is 17.6. The monoisotopic (exact) mass is 339 g/mol. The van der Waals surface area contributed by atoms with Crippen LogP contribution in [0, 0.1) is 0 Å². The molecule has 7 heteroatoms. The molecule has 0 radical (unpaired) electrons. The number of aliphatic imine (C=N–C) groups is 1. The van der Waals surface area contributed by atoms with Gasteiger partial charge in [0.05, 0.1) is 12.7 Å². The van der Waals surface area contributed by atoms with Crippen LogP contribution in [0.3, 0.4) is 0 Å². The zero-order valence-electron chi connectivity index (χ0n) is 15.5. The first-order valence-corrected chi connectivity index (χ1v) is 9.06. The molecule has 1 amide bonds. The fourth-order valence-electron chi connectivity index (χ4n) is 3.17. The van der Waals surface area contributed by atoms with Crippen LogP contribution in [-0.2, 0) is 9.53 Å². The fourth-order valence-corrected chi connectivity index (χ4v) is 3.17. The van der Waals surface area contributed by atoms with Gasteiger partial charge < -0.3 is 20.7 Å². The van der Waals surface area contributed by atoms with E-state index >= 15 is 0 Å². The molecule has 24 heavy (non-hydrogen) atoms. The highest BCUT2D eigenvalue weighted by atomic mass is 16.5. The Bertz CT molecular complexity index is 447. The van der Waals surface area contributed by atoms with Crippen molar-refractivity contribution < 1.29 is 9.53 Å². The van der Waals surface area contributed by atoms with Crippen molar-refractivity contribution in [3.63, 3.8) is 0 Å². The number of guanidine groups is 1. The van der Waals surface area contributed by atoms with Crippen LogP contribution in [0.2, 0.25) is 0 Å². The summed E-state index contributed by atoms with van der Waals surface area (Å²) in [6, 6.07) is 0.615. The minimum absolute atomic E-state index is 0.0754. The summed E-state index contributed by atoms with van der Waals surface area (Å²) in [5.41, 5.74) is -0.236. The van der Waals surface area contributed by atoms with E-state index in [1.807, 2.05) is 27.7 Å². The number of ether oxygens (including phenoxy) is 1. The largest absolute Gasteiger partial charge is 0.373 e. The lowest BCUT2D eigenvalue weighted by Gasteiger charge is -2.35. The third-order valence-corrected chi connectivity index (χ3v) is 4.20. The second kappa shape index (κ2) is 8.67. The number of morpholine rings is 1. The first-order chi connectivity index (χ1) is 11.4. The van der Waals surface area contributed by atoms with E-state index in [9.17, 15) is 4.79 Å². The van der Waals surface area contributed by atoms with Gasteiger partial charge in [0.15, 0.2) is 5.96 Å². The standard InChI is InChI=1S/C17H33N5O2/c1-5-18-16(20-10-15(23)21-17(2,3)4)19-9-14-11-22-8-6-7-13(22)12-24-14/h13-14H,5-12H2,1-4H3,(H,21,23)(H2,18,19,20). The van der Waals surface area contributed by atoms with E-state index in [4.69, 9.17) is 4.74 Å². The molecule has 0 aliphatic carbocycles. The van der Waals surface area contributed by atoms with Gasteiger partial charge in [-0.25, -0.2) is 4.99 Å². The molecule has 0 saturated carbocycles. The van der Waals surface area contributed by atoms with E-state index < -0.39 is 0 Å². The van der Waals surface area contributed by atoms with Crippen LogP contribution in [0.25, 0.3) is 0 Å². The van der Waals surface area contributed by atoms with Gasteiger partial charge in [-0.3, -0.25) is 9.69 Å². The second-order valence-corrected chi connectivity index (χ2v) is 7.62. The smallest absolute Gasteiger partial charge is 0.242 e. The molecule has 138 valence electrons. The summed E-state index contributed by atoms with van der Waals surface area (Å²) in [6.45, 7) is 12.5. The predicted octanol–water partition coefficient (Wildman–Crippen LogP) is 0.319. The van der Waals surface area contributed by atoms with Crippen LogP contribution in [0.5, 0.6) is 0 Å². The maximum absolute atomic E-state index is 11.9. The summed E-state index contributed by atoms with van der Waals surface area (Å²) in [7, 11) is 0. The number of hydrogen-bond acceptors (Lipinski definition) is 4. The Labute approximate surface area is 145 Å². The van der Waals surface area contributed by atoms with Crippen LogP contribution in [0.4, 0.5) is 0 Å². The molecule has 2 rings (SSSR count). The molecule has 2 saturated heterocycles. The molecule has 7 nitrogen and oxygen atoms in total. The van der Waals surface area contributed by atoms with E-state index in [2.05, 4.69) is 25.8 Å². The van der Waals surface area contributed by atoms with Crippen molar-refractivity contribution in [2.75, 3.05) is 39.3 Å². The first kappa shape index (κ1) is 19.0. The summed E-state index contributed by atoms with van der Waals surface area (Å²) in [4.78, 5) is 18.8. The third kappa shape index (κ3) is 6.28. The van der Waals surface area contributed by atoms with E-state index in [1.165, 1.54) is 19.4 Å². The van der Waals surface area contributed by atoms with Crippen molar-refractivity contribution in [2.24, 2.45) is 4.99 Å². The molecule has 2 aliphatic rings. The van der Waals surface area contributed by atoms with Crippen LogP contribution in [0.15, 0.2) is 4.99 Å². The van der Waals surface area contributed by atoms with Crippen molar-refractivity contribution in [2.45, 2.75) is 58.2 Å². The number of nitrogens with one attached hydrogen (secondary N) is 3. The molecular formula is C17H33N5O2. The molecule has 2 fully saturated rings. The molecule has 3 N–H and O–H groups in total. The van der Waals surface area contributed by atoms with E-state index in [1.54, 1.807) is 0 Å². The summed E-state index contributed by atoms with van der Waals surface area (Å²) in [6.07, 6.45) is 2.71. The number of carbonyl (C=O) groups is 1. The molecule has 0 bridgehead atoms. The van der Waals surface area contributed by atoms with Crippen molar-refractivity contribution in [3.05, 3.63) is 0 Å². The topological polar surface area (TPSA) is 78.0 Å². The van der Waals surface area contributed by atoms with Crippen LogP contribution in [0.1, 0.15) is 40.5 Å². The molecular weight excluding hydrogens is 306 g/mol. The number of nitrogens with zero attached hydrogens (tertiary/aromatic N) is 2. The van der Waals surface area contributed by atoms with E-state index in [0.29, 0.717) is 18.5 Å². The van der Waals surface area contributed by atoms with Crippen LogP contribution < -0.4 is 16.0 Å². The Kier molecular flexibility index (Phi) is 6.86. The van der Waals surface area contributed by atoms with E-state index in [-0.39, 0.29) is 24.1 Å². The van der Waals surface area contributed by atoms with Crippen molar-refractivity contribution in [3.8, 4) is 0 Å². The maximum atomic E-state index is 11.9. The second-order valence-electron chi connectivity index (χ2n) is 7.62. The Morgan fingerprint density at radius 3 is 2.83 bits per heavy atom. The average Bonchev–Trinajstić information content (AvgIpc) is 2.96. The molecule has 0 aromatic carbocycles. The zero-order valence-corrected chi connectivity index (χ0v) is 15.5. The maximum Gasteiger partial charge on any atom is 0.242 e. The summed E-state index contributed by atoms with van der Waals surface area (Å²) in [5, 5.41) is 9.39. The van der Waals surface area contributed by atoms with Gasteiger partial charge in [0, 0.05) is 31.2 Å². The molecule has 0 spiro atoms. The minimum atomic E-state index is -0.236. The fraction of sp³-hybridized carbons (Fsp3) is 0.882. The highest BCUT2D eigenvalue weighted by Crippen LogP contribution is 2.22. The Balaban J connectivity index is 1.78. The summed E-state index contributed by atoms with van der Waals surface area (Å²) in [5.74, 6) is 0.585. The van der Waals surface area contributed by atoms with Crippen LogP contribution in [-0.4, -0.2) is 73.8 Å². The Morgan fingerprint density at radius 1 is 1.33 bits per heavy atom. The van der Waals surface area contributed by atoms with Gasteiger partial charge >= 0.3 is 0 Å². The highest BCUT2D eigenvalue weighted by Gasteiger charge is 2.32. The molecule has 0 aromatic heterocycles. The first-order valence-electron chi connectivity index (χ1n) is 9.06. The Hall–Kier alpha value is -1.34. The van der Waals surface area contributed by atoms with E-state index in [0.717, 1.165) is 19.7 Å². The van der Waals surface area contributed by atoms with Gasteiger partial charge in [-0.05, 0) is 47.1 Å². The van der Waals surface area contributed by atoms with Crippen molar-refractivity contribution in [1.82, 2.24) is 20.9 Å². The molecule has 0 aromatic rings. The van der Waals surface area contributed by atoms with Gasteiger partial charge in [0.1, 0.15) is 6.54 Å². The van der Waals surface area contributed by atoms with Gasteiger partial charge in [0.25, 0.3) is 0 Å². The number of carbonyl (C=O) groups excluding carboxylic acids is 1. The minimum Gasteiger partial charge on any atom is -0.373 e. The van der Waals surface area contributed by atoms with Crippen molar-refractivity contribution >= 4 is 11.9 Å². The van der Waals surface area contributed by atoms with Gasteiger partial charge in [-0.15, -0.1) is 0 Å². The molecule has 2 aliphatic heterocycles. The number of amides is 1. The predicted molar refractivity (Wildman–Crippen MR) is 96.2 cm³/mol. The SMILES string of the molecule is CCNC(=NCC(=O)NC(C)(C)C)NCC1CN2CCCC2CO1. The number of fused-ring (bicyclic) bond motifs is 1.